The van der Waals surface area contributed by atoms with Crippen molar-refractivity contribution in [2.75, 3.05) is 22.6 Å². The van der Waals surface area contributed by atoms with E-state index in [2.05, 4.69) is 20.8 Å². The smallest absolute Gasteiger partial charge is 0.230 e. The highest BCUT2D eigenvalue weighted by atomic mass is 32.2. The molecular formula is C14H22N4O3S3. The summed E-state index contributed by atoms with van der Waals surface area (Å²) in [5.74, 6) is 0.295. The first-order valence-corrected chi connectivity index (χ1v) is 11.9. The molecule has 2 heterocycles. The van der Waals surface area contributed by atoms with Crippen molar-refractivity contribution in [1.29, 1.82) is 0 Å². The van der Waals surface area contributed by atoms with Crippen LogP contribution >= 0.6 is 23.1 Å². The Morgan fingerprint density at radius 2 is 1.96 bits per heavy atom. The second-order valence-corrected chi connectivity index (χ2v) is 10.7. The van der Waals surface area contributed by atoms with Crippen molar-refractivity contribution in [3.63, 3.8) is 0 Å². The van der Waals surface area contributed by atoms with Gasteiger partial charge in [0.05, 0.1) is 17.3 Å². The molecule has 0 radical (unpaired) electrons. The van der Waals surface area contributed by atoms with Crippen LogP contribution in [-0.2, 0) is 14.6 Å². The lowest BCUT2D eigenvalue weighted by molar-refractivity contribution is -0.119. The topological polar surface area (TPSA) is 101 Å². The molecule has 1 aromatic heterocycles. The molecule has 0 bridgehead atoms. The molecule has 1 atom stereocenters. The highest BCUT2D eigenvalue weighted by Crippen LogP contribution is 2.28. The van der Waals surface area contributed by atoms with Crippen LogP contribution in [0.4, 0.5) is 5.13 Å². The minimum absolute atomic E-state index is 0.0532. The predicted molar refractivity (Wildman–Crippen MR) is 96.3 cm³/mol. The van der Waals surface area contributed by atoms with Gasteiger partial charge in [-0.25, -0.2) is 8.42 Å². The number of carbonyl (C=O) groups is 1. The molecule has 1 saturated heterocycles. The van der Waals surface area contributed by atoms with Gasteiger partial charge < -0.3 is 10.6 Å². The number of nitrogens with zero attached hydrogens (tertiary/aromatic N) is 2. The fraction of sp³-hybridized carbons (Fsp3) is 0.786. The molecule has 1 amide bonds. The van der Waals surface area contributed by atoms with Gasteiger partial charge in [0, 0.05) is 12.1 Å². The third-order valence-corrected chi connectivity index (χ3v) is 8.02. The van der Waals surface area contributed by atoms with E-state index in [1.54, 1.807) is 0 Å². The van der Waals surface area contributed by atoms with Crippen LogP contribution in [0, 0.1) is 0 Å². The predicted octanol–water partition coefficient (Wildman–Crippen LogP) is 1.68. The SMILES string of the molecule is O=C(CSc1nnc(NC2CCCCC2)s1)N[C@@H]1CCS(=O)(=O)C1. The molecule has 24 heavy (non-hydrogen) atoms. The number of carbonyl (C=O) groups excluding carboxylic acids is 1. The summed E-state index contributed by atoms with van der Waals surface area (Å²) in [6.45, 7) is 0. The number of hydrogen-bond donors (Lipinski definition) is 2. The van der Waals surface area contributed by atoms with E-state index in [0.29, 0.717) is 12.5 Å². The van der Waals surface area contributed by atoms with Crippen molar-refractivity contribution in [2.45, 2.75) is 54.9 Å². The van der Waals surface area contributed by atoms with Gasteiger partial charge in [-0.3, -0.25) is 4.79 Å². The lowest BCUT2D eigenvalue weighted by Crippen LogP contribution is -2.36. The lowest BCUT2D eigenvalue weighted by Gasteiger charge is -2.21. The van der Waals surface area contributed by atoms with Crippen LogP contribution in [0.15, 0.2) is 4.34 Å². The standard InChI is InChI=1S/C14H22N4O3S3/c19-12(15-11-6-7-24(20,21)9-11)8-22-14-18-17-13(23-14)16-10-4-2-1-3-5-10/h10-11H,1-9H2,(H,15,19)(H,16,17)/t11-/m1/s1. The summed E-state index contributed by atoms with van der Waals surface area (Å²) in [5.41, 5.74) is 0. The van der Waals surface area contributed by atoms with Crippen LogP contribution in [0.25, 0.3) is 0 Å². The van der Waals surface area contributed by atoms with Crippen LogP contribution in [0.5, 0.6) is 0 Å². The molecule has 1 aliphatic heterocycles. The van der Waals surface area contributed by atoms with E-state index in [1.807, 2.05) is 0 Å². The molecule has 134 valence electrons. The fourth-order valence-electron chi connectivity index (χ4n) is 3.05. The minimum atomic E-state index is -2.97. The van der Waals surface area contributed by atoms with E-state index < -0.39 is 9.84 Å². The van der Waals surface area contributed by atoms with E-state index in [1.165, 1.54) is 55.2 Å². The normalized spacial score (nSPS) is 23.9. The largest absolute Gasteiger partial charge is 0.357 e. The van der Waals surface area contributed by atoms with Crippen LogP contribution in [0.2, 0.25) is 0 Å². The molecule has 1 saturated carbocycles. The Hall–Kier alpha value is -0.870. The molecule has 0 spiro atoms. The van der Waals surface area contributed by atoms with E-state index in [9.17, 15) is 13.2 Å². The number of aromatic nitrogens is 2. The van der Waals surface area contributed by atoms with Crippen molar-refractivity contribution in [2.24, 2.45) is 0 Å². The number of rotatable bonds is 6. The van der Waals surface area contributed by atoms with Crippen molar-refractivity contribution in [3.8, 4) is 0 Å². The van der Waals surface area contributed by atoms with Crippen molar-refractivity contribution >= 4 is 44.0 Å². The van der Waals surface area contributed by atoms with Gasteiger partial charge in [0.15, 0.2) is 14.2 Å². The van der Waals surface area contributed by atoms with Crippen molar-refractivity contribution in [1.82, 2.24) is 15.5 Å². The summed E-state index contributed by atoms with van der Waals surface area (Å²) in [6.07, 6.45) is 6.69. The number of nitrogens with one attached hydrogen (secondary N) is 2. The molecular weight excluding hydrogens is 368 g/mol. The average molecular weight is 391 g/mol. The fourth-order valence-corrected chi connectivity index (χ4v) is 6.37. The average Bonchev–Trinajstić information content (AvgIpc) is 3.12. The molecule has 2 aliphatic rings. The summed E-state index contributed by atoms with van der Waals surface area (Å²) in [4.78, 5) is 11.9. The van der Waals surface area contributed by atoms with Gasteiger partial charge in [-0.15, -0.1) is 10.2 Å². The quantitative estimate of drug-likeness (QED) is 0.713. The van der Waals surface area contributed by atoms with Crippen LogP contribution in [0.3, 0.4) is 0 Å². The number of sulfone groups is 1. The third kappa shape index (κ3) is 5.32. The van der Waals surface area contributed by atoms with E-state index in [0.717, 1.165) is 9.47 Å². The summed E-state index contributed by atoms with van der Waals surface area (Å²) in [6, 6.07) is 0.234. The first-order chi connectivity index (χ1) is 11.5. The minimum Gasteiger partial charge on any atom is -0.357 e. The van der Waals surface area contributed by atoms with Crippen molar-refractivity contribution in [3.05, 3.63) is 0 Å². The van der Waals surface area contributed by atoms with Gasteiger partial charge in [-0.05, 0) is 19.3 Å². The molecule has 3 rings (SSSR count). The third-order valence-electron chi connectivity index (χ3n) is 4.26. The first kappa shape index (κ1) is 17.9. The maximum Gasteiger partial charge on any atom is 0.230 e. The Morgan fingerprint density at radius 1 is 1.17 bits per heavy atom. The number of amides is 1. The number of thioether (sulfide) groups is 1. The van der Waals surface area contributed by atoms with Crippen molar-refractivity contribution < 1.29 is 13.2 Å². The zero-order valence-electron chi connectivity index (χ0n) is 13.4. The molecule has 1 aromatic rings. The maximum absolute atomic E-state index is 11.9. The highest BCUT2D eigenvalue weighted by molar-refractivity contribution is 8.01. The zero-order chi connectivity index (χ0) is 17.0. The monoisotopic (exact) mass is 390 g/mol. The Balaban J connectivity index is 1.41. The molecule has 2 fully saturated rings. The molecule has 10 heteroatoms. The van der Waals surface area contributed by atoms with Crippen LogP contribution < -0.4 is 10.6 Å². The second kappa shape index (κ2) is 8.01. The number of anilines is 1. The van der Waals surface area contributed by atoms with E-state index >= 15 is 0 Å². The summed E-state index contributed by atoms with van der Waals surface area (Å²) in [5, 5.41) is 15.2. The first-order valence-electron chi connectivity index (χ1n) is 8.23. The molecule has 0 aromatic carbocycles. The Labute approximate surface area is 150 Å². The highest BCUT2D eigenvalue weighted by Gasteiger charge is 2.28. The van der Waals surface area contributed by atoms with E-state index in [4.69, 9.17) is 0 Å². The summed E-state index contributed by atoms with van der Waals surface area (Å²) in [7, 11) is -2.97. The van der Waals surface area contributed by atoms with Crippen LogP contribution in [0.1, 0.15) is 38.5 Å². The van der Waals surface area contributed by atoms with Gasteiger partial charge in [0.2, 0.25) is 11.0 Å². The molecule has 2 N–H and O–H groups in total. The molecule has 1 aliphatic carbocycles. The summed E-state index contributed by atoms with van der Waals surface area (Å²) >= 11 is 2.80. The van der Waals surface area contributed by atoms with Gasteiger partial charge >= 0.3 is 0 Å². The second-order valence-electron chi connectivity index (χ2n) is 6.31. The van der Waals surface area contributed by atoms with Gasteiger partial charge in [0.25, 0.3) is 0 Å². The molecule has 0 unspecified atom stereocenters. The van der Waals surface area contributed by atoms with Crippen LogP contribution in [-0.4, -0.2) is 53.9 Å². The zero-order valence-corrected chi connectivity index (χ0v) is 15.8. The summed E-state index contributed by atoms with van der Waals surface area (Å²) < 4.78 is 23.5. The number of hydrogen-bond acceptors (Lipinski definition) is 8. The van der Waals surface area contributed by atoms with Gasteiger partial charge in [-0.1, -0.05) is 42.4 Å². The lowest BCUT2D eigenvalue weighted by atomic mass is 9.96. The van der Waals surface area contributed by atoms with Gasteiger partial charge in [-0.2, -0.15) is 0 Å². The maximum atomic E-state index is 11.9. The Kier molecular flexibility index (Phi) is 5.98. The molecule has 7 nitrogen and oxygen atoms in total. The van der Waals surface area contributed by atoms with Gasteiger partial charge in [0.1, 0.15) is 0 Å². The van der Waals surface area contributed by atoms with E-state index in [-0.39, 0.29) is 29.2 Å². The Morgan fingerprint density at radius 3 is 2.67 bits per heavy atom. The Bertz CT molecular complexity index is 671.